The number of likely N-dealkylation sites (N-methyl/N-ethyl adjacent to an activating group) is 1. The number of aromatic nitrogens is 1. The molecule has 0 radical (unpaired) electrons. The van der Waals surface area contributed by atoms with E-state index in [2.05, 4.69) is 20.1 Å². The van der Waals surface area contributed by atoms with E-state index >= 15 is 0 Å². The summed E-state index contributed by atoms with van der Waals surface area (Å²) in [6, 6.07) is 15.7. The van der Waals surface area contributed by atoms with Crippen molar-refractivity contribution in [1.29, 1.82) is 0 Å². The highest BCUT2D eigenvalue weighted by Crippen LogP contribution is 2.33. The van der Waals surface area contributed by atoms with Crippen LogP contribution >= 0.6 is 0 Å². The van der Waals surface area contributed by atoms with E-state index in [1.807, 2.05) is 39.0 Å². The van der Waals surface area contributed by atoms with Crippen LogP contribution in [0.25, 0.3) is 11.3 Å². The molecule has 2 aliphatic heterocycles. The van der Waals surface area contributed by atoms with Gasteiger partial charge in [-0.25, -0.2) is 4.79 Å². The second kappa shape index (κ2) is 16.2. The van der Waals surface area contributed by atoms with Gasteiger partial charge in [-0.2, -0.15) is 0 Å². The molecule has 50 heavy (non-hydrogen) atoms. The number of rotatable bonds is 9. The van der Waals surface area contributed by atoms with Crippen LogP contribution in [0.3, 0.4) is 0 Å². The Morgan fingerprint density at radius 2 is 1.62 bits per heavy atom. The molecule has 266 valence electrons. The molecule has 2 fully saturated rings. The molecule has 0 saturated carbocycles. The molecule has 3 heterocycles. The summed E-state index contributed by atoms with van der Waals surface area (Å²) in [6.45, 7) is 11.3. The molecule has 0 aliphatic carbocycles. The zero-order valence-corrected chi connectivity index (χ0v) is 29.6. The molecule has 2 aromatic carbocycles. The number of benzene rings is 2. The standard InChI is InChI=1S/C38H49N7O5/c1-38(2,3)50-37(49)45-19-9-16-43(22-23-45)21-20-42(4)36(48)29-11-8-10-28(24-29)35(47)41-32-13-12-30(44-17-6-5-7-18-44)26-31(32)33-25-27(34(39)46)14-15-40-33/h8,10-15,24-26H,5-7,9,16-23H2,1-4H3,(H2,39,46)(H,41,47). The van der Waals surface area contributed by atoms with E-state index in [9.17, 15) is 19.2 Å². The largest absolute Gasteiger partial charge is 0.444 e. The van der Waals surface area contributed by atoms with Gasteiger partial charge in [0.25, 0.3) is 11.8 Å². The number of nitrogens with one attached hydrogen (secondary N) is 1. The SMILES string of the molecule is CN(CCN1CCCN(C(=O)OC(C)(C)C)CC1)C(=O)c1cccc(C(=O)Nc2ccc(N3CCCCC3)cc2-c2cc(C(N)=O)ccn2)c1. The second-order valence-electron chi connectivity index (χ2n) is 14.0. The average Bonchev–Trinajstić information content (AvgIpc) is 3.36. The lowest BCUT2D eigenvalue weighted by Crippen LogP contribution is -2.40. The minimum atomic E-state index is -0.561. The van der Waals surface area contributed by atoms with Gasteiger partial charge in [0.1, 0.15) is 5.60 Å². The number of hydrogen-bond acceptors (Lipinski definition) is 8. The Bertz CT molecular complexity index is 1700. The summed E-state index contributed by atoms with van der Waals surface area (Å²) in [5, 5.41) is 3.02. The highest BCUT2D eigenvalue weighted by Gasteiger charge is 2.25. The zero-order chi connectivity index (χ0) is 35.8. The molecule has 2 saturated heterocycles. The zero-order valence-electron chi connectivity index (χ0n) is 29.6. The fourth-order valence-corrected chi connectivity index (χ4v) is 6.24. The fraction of sp³-hybridized carbons (Fsp3) is 0.447. The maximum absolute atomic E-state index is 13.6. The highest BCUT2D eigenvalue weighted by molar-refractivity contribution is 6.08. The van der Waals surface area contributed by atoms with Gasteiger partial charge < -0.3 is 30.5 Å². The number of hydrogen-bond donors (Lipinski definition) is 2. The van der Waals surface area contributed by atoms with Crippen molar-refractivity contribution in [2.24, 2.45) is 5.73 Å². The van der Waals surface area contributed by atoms with E-state index in [1.54, 1.807) is 53.2 Å². The third-order valence-electron chi connectivity index (χ3n) is 9.00. The van der Waals surface area contributed by atoms with Crippen LogP contribution in [-0.4, -0.2) is 109 Å². The molecule has 12 nitrogen and oxygen atoms in total. The van der Waals surface area contributed by atoms with Gasteiger partial charge in [-0.05, 0) is 102 Å². The Labute approximate surface area is 294 Å². The average molecular weight is 684 g/mol. The van der Waals surface area contributed by atoms with E-state index in [0.717, 1.165) is 44.6 Å². The first-order valence-electron chi connectivity index (χ1n) is 17.4. The number of anilines is 2. The first-order chi connectivity index (χ1) is 23.9. The number of nitrogens with zero attached hydrogens (tertiary/aromatic N) is 5. The Hall–Kier alpha value is -4.97. The van der Waals surface area contributed by atoms with Crippen molar-refractivity contribution < 1.29 is 23.9 Å². The third kappa shape index (κ3) is 9.59. The smallest absolute Gasteiger partial charge is 0.410 e. The summed E-state index contributed by atoms with van der Waals surface area (Å²) in [6.07, 6.45) is 5.48. The van der Waals surface area contributed by atoms with Crippen LogP contribution in [-0.2, 0) is 4.74 Å². The highest BCUT2D eigenvalue weighted by atomic mass is 16.6. The first-order valence-corrected chi connectivity index (χ1v) is 17.4. The van der Waals surface area contributed by atoms with Gasteiger partial charge >= 0.3 is 6.09 Å². The Morgan fingerprint density at radius 1 is 0.860 bits per heavy atom. The number of nitrogens with two attached hydrogens (primary N) is 1. The maximum atomic E-state index is 13.6. The van der Waals surface area contributed by atoms with Crippen LogP contribution in [0.2, 0.25) is 0 Å². The number of amides is 4. The molecule has 5 rings (SSSR count). The van der Waals surface area contributed by atoms with Crippen molar-refractivity contribution >= 4 is 35.2 Å². The van der Waals surface area contributed by atoms with Crippen molar-refractivity contribution in [1.82, 2.24) is 19.7 Å². The minimum Gasteiger partial charge on any atom is -0.444 e. The van der Waals surface area contributed by atoms with Crippen molar-refractivity contribution in [3.8, 4) is 11.3 Å². The van der Waals surface area contributed by atoms with Crippen molar-refractivity contribution in [3.63, 3.8) is 0 Å². The summed E-state index contributed by atoms with van der Waals surface area (Å²) in [7, 11) is 1.75. The van der Waals surface area contributed by atoms with Gasteiger partial charge in [0, 0.05) is 87.0 Å². The lowest BCUT2D eigenvalue weighted by Gasteiger charge is -2.29. The van der Waals surface area contributed by atoms with E-state index in [1.165, 1.54) is 12.6 Å². The van der Waals surface area contributed by atoms with Crippen molar-refractivity contribution in [2.75, 3.05) is 69.6 Å². The van der Waals surface area contributed by atoms with E-state index < -0.39 is 11.5 Å². The fourth-order valence-electron chi connectivity index (χ4n) is 6.24. The summed E-state index contributed by atoms with van der Waals surface area (Å²) in [5.74, 6) is -1.13. The summed E-state index contributed by atoms with van der Waals surface area (Å²) >= 11 is 0. The molecule has 0 unspecified atom stereocenters. The van der Waals surface area contributed by atoms with Gasteiger partial charge in [0.05, 0.1) is 11.4 Å². The Morgan fingerprint density at radius 3 is 2.36 bits per heavy atom. The third-order valence-corrected chi connectivity index (χ3v) is 9.00. The van der Waals surface area contributed by atoms with Gasteiger partial charge in [0.15, 0.2) is 0 Å². The number of piperidine rings is 1. The predicted octanol–water partition coefficient (Wildman–Crippen LogP) is 5.10. The number of carbonyl (C=O) groups is 4. The molecule has 3 aromatic rings. The Balaban J connectivity index is 1.25. The molecule has 0 spiro atoms. The molecule has 1 aromatic heterocycles. The first kappa shape index (κ1) is 36.3. The van der Waals surface area contributed by atoms with Crippen LogP contribution in [0, 0.1) is 0 Å². The van der Waals surface area contributed by atoms with E-state index in [0.29, 0.717) is 66.4 Å². The molecular weight excluding hydrogens is 634 g/mol. The van der Waals surface area contributed by atoms with Crippen LogP contribution in [0.5, 0.6) is 0 Å². The quantitative estimate of drug-likeness (QED) is 0.317. The summed E-state index contributed by atoms with van der Waals surface area (Å²) in [5.41, 5.74) is 8.82. The molecule has 0 atom stereocenters. The molecular formula is C38H49N7O5. The van der Waals surface area contributed by atoms with Gasteiger partial charge in [0.2, 0.25) is 5.91 Å². The number of pyridine rings is 1. The van der Waals surface area contributed by atoms with Gasteiger partial charge in [-0.15, -0.1) is 0 Å². The van der Waals surface area contributed by atoms with Crippen LogP contribution in [0.15, 0.2) is 60.8 Å². The Kier molecular flexibility index (Phi) is 11.7. The molecule has 12 heteroatoms. The van der Waals surface area contributed by atoms with Crippen LogP contribution in [0.1, 0.15) is 77.5 Å². The monoisotopic (exact) mass is 683 g/mol. The van der Waals surface area contributed by atoms with Crippen LogP contribution < -0.4 is 16.0 Å². The van der Waals surface area contributed by atoms with E-state index in [4.69, 9.17) is 10.5 Å². The molecule has 3 N–H and O–H groups in total. The van der Waals surface area contributed by atoms with Crippen LogP contribution in [0.4, 0.5) is 16.2 Å². The number of primary amides is 1. The normalized spacial score (nSPS) is 15.6. The maximum Gasteiger partial charge on any atom is 0.410 e. The topological polar surface area (TPSA) is 141 Å². The number of ether oxygens (including phenoxy) is 1. The van der Waals surface area contributed by atoms with Crippen molar-refractivity contribution in [3.05, 3.63) is 77.5 Å². The number of carbonyl (C=O) groups excluding carboxylic acids is 4. The summed E-state index contributed by atoms with van der Waals surface area (Å²) < 4.78 is 5.54. The van der Waals surface area contributed by atoms with Gasteiger partial charge in [-0.3, -0.25) is 24.3 Å². The van der Waals surface area contributed by atoms with E-state index in [-0.39, 0.29) is 17.9 Å². The molecule has 0 bridgehead atoms. The molecule has 4 amide bonds. The lowest BCUT2D eigenvalue weighted by atomic mass is 10.0. The predicted molar refractivity (Wildman–Crippen MR) is 194 cm³/mol. The van der Waals surface area contributed by atoms with Gasteiger partial charge in [-0.1, -0.05) is 6.07 Å². The molecule has 2 aliphatic rings. The minimum absolute atomic E-state index is 0.191. The second-order valence-corrected chi connectivity index (χ2v) is 14.0. The van der Waals surface area contributed by atoms with Crippen molar-refractivity contribution in [2.45, 2.75) is 52.1 Å². The lowest BCUT2D eigenvalue weighted by molar-refractivity contribution is 0.0257. The summed E-state index contributed by atoms with van der Waals surface area (Å²) in [4.78, 5) is 64.1.